The standard InChI is InChI=1S/C17H14O3/c18-14-5-1-11(2-6-14)9-13-4-3-12-10-15(19)7-8-16(12)17(13)20/h1-8,10,18-20H,9H2. The lowest BCUT2D eigenvalue weighted by Crippen LogP contribution is -1.89. The molecule has 0 atom stereocenters. The molecule has 0 bridgehead atoms. The van der Waals surface area contributed by atoms with E-state index in [2.05, 4.69) is 0 Å². The van der Waals surface area contributed by atoms with E-state index in [0.717, 1.165) is 21.9 Å². The number of phenolic OH excluding ortho intramolecular Hbond substituents is 3. The molecule has 0 aliphatic carbocycles. The summed E-state index contributed by atoms with van der Waals surface area (Å²) >= 11 is 0. The molecule has 100 valence electrons. The van der Waals surface area contributed by atoms with Crippen LogP contribution in [0.5, 0.6) is 17.2 Å². The van der Waals surface area contributed by atoms with Crippen molar-refractivity contribution >= 4 is 10.8 Å². The maximum absolute atomic E-state index is 10.3. The van der Waals surface area contributed by atoms with E-state index in [1.54, 1.807) is 30.3 Å². The largest absolute Gasteiger partial charge is 0.508 e. The van der Waals surface area contributed by atoms with Crippen molar-refractivity contribution < 1.29 is 15.3 Å². The van der Waals surface area contributed by atoms with Crippen LogP contribution in [0.4, 0.5) is 0 Å². The quantitative estimate of drug-likeness (QED) is 0.664. The van der Waals surface area contributed by atoms with Crippen LogP contribution < -0.4 is 0 Å². The van der Waals surface area contributed by atoms with E-state index < -0.39 is 0 Å². The maximum Gasteiger partial charge on any atom is 0.126 e. The highest BCUT2D eigenvalue weighted by Gasteiger charge is 2.08. The molecule has 0 radical (unpaired) electrons. The molecule has 0 aliphatic heterocycles. The van der Waals surface area contributed by atoms with E-state index in [1.165, 1.54) is 0 Å². The zero-order valence-electron chi connectivity index (χ0n) is 10.7. The summed E-state index contributed by atoms with van der Waals surface area (Å²) in [6.45, 7) is 0. The third-order valence-corrected chi connectivity index (χ3v) is 3.39. The summed E-state index contributed by atoms with van der Waals surface area (Å²) in [5.41, 5.74) is 1.82. The van der Waals surface area contributed by atoms with Gasteiger partial charge in [0.1, 0.15) is 17.2 Å². The van der Waals surface area contributed by atoms with Gasteiger partial charge in [0.25, 0.3) is 0 Å². The lowest BCUT2D eigenvalue weighted by molar-refractivity contribution is 0.473. The van der Waals surface area contributed by atoms with Crippen LogP contribution in [0.2, 0.25) is 0 Å². The van der Waals surface area contributed by atoms with Crippen LogP contribution in [0.15, 0.2) is 54.6 Å². The fourth-order valence-corrected chi connectivity index (χ4v) is 2.32. The van der Waals surface area contributed by atoms with Crippen LogP contribution in [0.25, 0.3) is 10.8 Å². The van der Waals surface area contributed by atoms with E-state index >= 15 is 0 Å². The minimum Gasteiger partial charge on any atom is -0.508 e. The topological polar surface area (TPSA) is 60.7 Å². The number of aromatic hydroxyl groups is 3. The average molecular weight is 266 g/mol. The molecule has 0 aromatic heterocycles. The molecule has 0 unspecified atom stereocenters. The van der Waals surface area contributed by atoms with Crippen molar-refractivity contribution in [3.05, 3.63) is 65.7 Å². The lowest BCUT2D eigenvalue weighted by atomic mass is 9.99. The molecule has 3 aromatic carbocycles. The van der Waals surface area contributed by atoms with Crippen molar-refractivity contribution in [1.82, 2.24) is 0 Å². The molecular formula is C17H14O3. The van der Waals surface area contributed by atoms with Gasteiger partial charge in [-0.1, -0.05) is 24.3 Å². The van der Waals surface area contributed by atoms with Crippen molar-refractivity contribution in [2.45, 2.75) is 6.42 Å². The van der Waals surface area contributed by atoms with Crippen molar-refractivity contribution in [3.8, 4) is 17.2 Å². The molecule has 3 N–H and O–H groups in total. The first kappa shape index (κ1) is 12.4. The number of benzene rings is 3. The Morgan fingerprint density at radius 3 is 2.15 bits per heavy atom. The van der Waals surface area contributed by atoms with Gasteiger partial charge in [-0.15, -0.1) is 0 Å². The van der Waals surface area contributed by atoms with Gasteiger partial charge in [-0.2, -0.15) is 0 Å². The van der Waals surface area contributed by atoms with Crippen LogP contribution in [0, 0.1) is 0 Å². The monoisotopic (exact) mass is 266 g/mol. The Morgan fingerprint density at radius 2 is 1.40 bits per heavy atom. The second kappa shape index (κ2) is 4.78. The molecule has 0 saturated carbocycles. The van der Waals surface area contributed by atoms with Crippen molar-refractivity contribution in [3.63, 3.8) is 0 Å². The van der Waals surface area contributed by atoms with Gasteiger partial charge in [-0.05, 0) is 46.8 Å². The Hall–Kier alpha value is -2.68. The van der Waals surface area contributed by atoms with E-state index in [9.17, 15) is 15.3 Å². The Kier molecular flexibility index (Phi) is 2.95. The van der Waals surface area contributed by atoms with Crippen molar-refractivity contribution in [2.75, 3.05) is 0 Å². The number of hydrogen-bond acceptors (Lipinski definition) is 3. The summed E-state index contributed by atoms with van der Waals surface area (Å²) in [5, 5.41) is 30.6. The van der Waals surface area contributed by atoms with Gasteiger partial charge in [-0.25, -0.2) is 0 Å². The van der Waals surface area contributed by atoms with Gasteiger partial charge in [0.2, 0.25) is 0 Å². The Morgan fingerprint density at radius 1 is 0.700 bits per heavy atom. The molecule has 3 aromatic rings. The predicted octanol–water partition coefficient (Wildman–Crippen LogP) is 3.55. The zero-order valence-corrected chi connectivity index (χ0v) is 10.7. The summed E-state index contributed by atoms with van der Waals surface area (Å²) in [5.74, 6) is 0.644. The van der Waals surface area contributed by atoms with Crippen LogP contribution in [0.1, 0.15) is 11.1 Å². The van der Waals surface area contributed by atoms with Crippen LogP contribution in [-0.4, -0.2) is 15.3 Å². The van der Waals surface area contributed by atoms with E-state index in [-0.39, 0.29) is 17.2 Å². The fraction of sp³-hybridized carbons (Fsp3) is 0.0588. The first-order chi connectivity index (χ1) is 9.63. The van der Waals surface area contributed by atoms with Gasteiger partial charge in [-0.3, -0.25) is 0 Å². The fourth-order valence-electron chi connectivity index (χ4n) is 2.32. The maximum atomic E-state index is 10.3. The average Bonchev–Trinajstić information content (AvgIpc) is 2.44. The molecule has 0 heterocycles. The first-order valence-electron chi connectivity index (χ1n) is 6.35. The minimum absolute atomic E-state index is 0.184. The molecule has 20 heavy (non-hydrogen) atoms. The van der Waals surface area contributed by atoms with Crippen LogP contribution >= 0.6 is 0 Å². The van der Waals surface area contributed by atoms with Crippen LogP contribution in [0.3, 0.4) is 0 Å². The van der Waals surface area contributed by atoms with Gasteiger partial charge >= 0.3 is 0 Å². The lowest BCUT2D eigenvalue weighted by Gasteiger charge is -2.09. The van der Waals surface area contributed by atoms with Gasteiger partial charge in [0.05, 0.1) is 0 Å². The Bertz CT molecular complexity index is 761. The predicted molar refractivity (Wildman–Crippen MR) is 78.2 cm³/mol. The van der Waals surface area contributed by atoms with Gasteiger partial charge in [0, 0.05) is 11.8 Å². The molecule has 0 amide bonds. The number of fused-ring (bicyclic) bond motifs is 1. The highest BCUT2D eigenvalue weighted by atomic mass is 16.3. The molecule has 0 saturated heterocycles. The molecule has 0 fully saturated rings. The number of hydrogen-bond donors (Lipinski definition) is 3. The highest BCUT2D eigenvalue weighted by molar-refractivity contribution is 5.90. The van der Waals surface area contributed by atoms with Crippen molar-refractivity contribution in [1.29, 1.82) is 0 Å². The summed E-state index contributed by atoms with van der Waals surface area (Å²) < 4.78 is 0. The third kappa shape index (κ3) is 2.26. The molecule has 3 heteroatoms. The minimum atomic E-state index is 0.184. The summed E-state index contributed by atoms with van der Waals surface area (Å²) in [4.78, 5) is 0. The van der Waals surface area contributed by atoms with Gasteiger partial charge < -0.3 is 15.3 Å². The molecular weight excluding hydrogens is 252 g/mol. The van der Waals surface area contributed by atoms with E-state index in [4.69, 9.17) is 0 Å². The Balaban J connectivity index is 2.02. The summed E-state index contributed by atoms with van der Waals surface area (Å²) in [6.07, 6.45) is 0.586. The third-order valence-electron chi connectivity index (χ3n) is 3.39. The number of phenols is 3. The highest BCUT2D eigenvalue weighted by Crippen LogP contribution is 2.32. The molecule has 0 spiro atoms. The van der Waals surface area contributed by atoms with Crippen LogP contribution in [-0.2, 0) is 6.42 Å². The van der Waals surface area contributed by atoms with Gasteiger partial charge in [0.15, 0.2) is 0 Å². The van der Waals surface area contributed by atoms with Crippen molar-refractivity contribution in [2.24, 2.45) is 0 Å². The second-order valence-electron chi connectivity index (χ2n) is 4.82. The summed E-state index contributed by atoms with van der Waals surface area (Å²) in [7, 11) is 0. The normalized spacial score (nSPS) is 10.8. The zero-order chi connectivity index (χ0) is 14.1. The van der Waals surface area contributed by atoms with E-state index in [0.29, 0.717) is 6.42 Å². The molecule has 3 rings (SSSR count). The number of rotatable bonds is 2. The first-order valence-corrected chi connectivity index (χ1v) is 6.35. The van der Waals surface area contributed by atoms with E-state index in [1.807, 2.05) is 24.3 Å². The smallest absolute Gasteiger partial charge is 0.126 e. The Labute approximate surface area is 116 Å². The molecule has 3 nitrogen and oxygen atoms in total. The molecule has 0 aliphatic rings. The SMILES string of the molecule is Oc1ccc(Cc2ccc3cc(O)ccc3c2O)cc1. The summed E-state index contributed by atoms with van der Waals surface area (Å²) in [6, 6.07) is 15.5. The second-order valence-corrected chi connectivity index (χ2v) is 4.82.